The van der Waals surface area contributed by atoms with Crippen LogP contribution < -0.4 is 16.4 Å². The van der Waals surface area contributed by atoms with Crippen molar-refractivity contribution >= 4 is 17.7 Å². The van der Waals surface area contributed by atoms with Gasteiger partial charge >= 0.3 is 0 Å². The molecule has 0 saturated carbocycles. The van der Waals surface area contributed by atoms with E-state index in [9.17, 15) is 8.78 Å². The number of guanidine groups is 2. The van der Waals surface area contributed by atoms with E-state index in [4.69, 9.17) is 10.5 Å². The largest absolute Gasteiger partial charge is 0.384 e. The van der Waals surface area contributed by atoms with Crippen LogP contribution >= 0.6 is 0 Å². The molecule has 3 aliphatic rings. The molecule has 4 heterocycles. The lowest BCUT2D eigenvalue weighted by atomic mass is 10.1. The van der Waals surface area contributed by atoms with Gasteiger partial charge in [0.15, 0.2) is 6.17 Å². The van der Waals surface area contributed by atoms with Crippen LogP contribution in [0, 0.1) is 0 Å². The Hall–Kier alpha value is -2.53. The number of ether oxygens (including phenoxy) is 1. The zero-order chi connectivity index (χ0) is 19.5. The van der Waals surface area contributed by atoms with Gasteiger partial charge in [-0.05, 0) is 6.07 Å². The van der Waals surface area contributed by atoms with Gasteiger partial charge in [0.1, 0.15) is 5.82 Å². The molecule has 0 bridgehead atoms. The lowest BCUT2D eigenvalue weighted by Crippen LogP contribution is -2.57. The topological polar surface area (TPSA) is 103 Å². The van der Waals surface area contributed by atoms with E-state index in [-0.39, 0.29) is 16.9 Å². The molecule has 0 radical (unpaired) electrons. The van der Waals surface area contributed by atoms with Crippen molar-refractivity contribution in [2.24, 2.45) is 9.98 Å². The first-order chi connectivity index (χ1) is 13.6. The van der Waals surface area contributed by atoms with E-state index >= 15 is 0 Å². The van der Waals surface area contributed by atoms with Crippen molar-refractivity contribution in [2.45, 2.75) is 12.6 Å². The highest BCUT2D eigenvalue weighted by atomic mass is 19.3. The lowest BCUT2D eigenvalue weighted by Gasteiger charge is -2.37. The van der Waals surface area contributed by atoms with E-state index in [0.29, 0.717) is 38.2 Å². The van der Waals surface area contributed by atoms with E-state index < -0.39 is 12.6 Å². The summed E-state index contributed by atoms with van der Waals surface area (Å²) in [6, 6.07) is 1.20. The van der Waals surface area contributed by atoms with Gasteiger partial charge in [-0.25, -0.2) is 23.7 Å². The first-order valence-electron chi connectivity index (χ1n) is 9.36. The van der Waals surface area contributed by atoms with Gasteiger partial charge in [-0.1, -0.05) is 0 Å². The number of hydrogen-bond acceptors (Lipinski definition) is 9. The number of alkyl halides is 2. The third-order valence-electron chi connectivity index (χ3n) is 4.94. The molecule has 3 aliphatic heterocycles. The molecule has 1 aromatic rings. The zero-order valence-electron chi connectivity index (χ0n) is 15.4. The molecule has 2 fully saturated rings. The zero-order valence-corrected chi connectivity index (χ0v) is 15.4. The SMILES string of the molecule is Nc1cc(C(F)F)c(C2N=C(N3CCNCC3)NC(N3CCOCC3)=N2)cn1. The summed E-state index contributed by atoms with van der Waals surface area (Å²) in [6.45, 7) is 5.76. The van der Waals surface area contributed by atoms with Crippen LogP contribution in [0.25, 0.3) is 0 Å². The van der Waals surface area contributed by atoms with Gasteiger partial charge in [0.05, 0.1) is 13.2 Å². The van der Waals surface area contributed by atoms with E-state index in [1.165, 1.54) is 12.3 Å². The molecule has 28 heavy (non-hydrogen) atoms. The van der Waals surface area contributed by atoms with Crippen LogP contribution in [0.5, 0.6) is 0 Å². The number of aliphatic imine (C=N–C) groups is 2. The molecule has 0 spiro atoms. The molecule has 4 N–H and O–H groups in total. The molecule has 0 aliphatic carbocycles. The van der Waals surface area contributed by atoms with E-state index in [0.717, 1.165) is 26.2 Å². The Labute approximate surface area is 161 Å². The number of rotatable bonds is 2. The number of morpholine rings is 1. The number of nitrogens with zero attached hydrogens (tertiary/aromatic N) is 5. The normalized spacial score (nSPS) is 23.3. The van der Waals surface area contributed by atoms with Gasteiger partial charge in [0, 0.05) is 56.6 Å². The second-order valence-corrected chi connectivity index (χ2v) is 6.78. The van der Waals surface area contributed by atoms with Gasteiger partial charge in [-0.15, -0.1) is 0 Å². The fourth-order valence-electron chi connectivity index (χ4n) is 3.44. The van der Waals surface area contributed by atoms with E-state index in [2.05, 4.69) is 35.4 Å². The van der Waals surface area contributed by atoms with Gasteiger partial charge in [0.25, 0.3) is 6.43 Å². The predicted octanol–water partition coefficient (Wildman–Crippen LogP) is 0.153. The maximum Gasteiger partial charge on any atom is 0.264 e. The molecular weight excluding hydrogens is 370 g/mol. The minimum absolute atomic E-state index is 0.0525. The maximum atomic E-state index is 13.6. The standard InChI is InChI=1S/C17H24F2N8O/c18-14(19)11-9-13(20)22-10-12(11)15-23-16(26-3-1-21-2-4-26)25-17(24-15)27-5-7-28-8-6-27/h9-10,14-15,21H,1-8H2,(H2,20,22)(H,23,24,25). The fourth-order valence-corrected chi connectivity index (χ4v) is 3.44. The average molecular weight is 394 g/mol. The number of pyridine rings is 1. The average Bonchev–Trinajstić information content (AvgIpc) is 2.74. The monoisotopic (exact) mass is 394 g/mol. The van der Waals surface area contributed by atoms with Crippen LogP contribution in [0.15, 0.2) is 22.2 Å². The summed E-state index contributed by atoms with van der Waals surface area (Å²) in [5.74, 6) is 1.31. The minimum Gasteiger partial charge on any atom is -0.384 e. The number of nitrogen functional groups attached to an aromatic ring is 1. The van der Waals surface area contributed by atoms with Crippen molar-refractivity contribution in [2.75, 3.05) is 58.2 Å². The molecule has 2 saturated heterocycles. The van der Waals surface area contributed by atoms with Crippen molar-refractivity contribution in [3.63, 3.8) is 0 Å². The Bertz CT molecular complexity index is 726. The summed E-state index contributed by atoms with van der Waals surface area (Å²) in [6.07, 6.45) is -2.14. The molecule has 0 amide bonds. The van der Waals surface area contributed by atoms with E-state index in [1.807, 2.05) is 0 Å². The molecule has 9 nitrogen and oxygen atoms in total. The number of anilines is 1. The molecule has 11 heteroatoms. The first-order valence-corrected chi connectivity index (χ1v) is 9.36. The van der Waals surface area contributed by atoms with Crippen molar-refractivity contribution in [1.82, 2.24) is 25.4 Å². The third-order valence-corrected chi connectivity index (χ3v) is 4.94. The second kappa shape index (κ2) is 8.23. The number of aromatic nitrogens is 1. The number of nitrogens with two attached hydrogens (primary N) is 1. The predicted molar refractivity (Wildman–Crippen MR) is 101 cm³/mol. The summed E-state index contributed by atoms with van der Waals surface area (Å²) in [4.78, 5) is 17.4. The molecule has 1 atom stereocenters. The van der Waals surface area contributed by atoms with Crippen LogP contribution in [0.3, 0.4) is 0 Å². The highest BCUT2D eigenvalue weighted by Gasteiger charge is 2.29. The molecule has 152 valence electrons. The molecule has 4 rings (SSSR count). The van der Waals surface area contributed by atoms with Crippen LogP contribution in [0.4, 0.5) is 14.6 Å². The Morgan fingerprint density at radius 1 is 1.07 bits per heavy atom. The summed E-state index contributed by atoms with van der Waals surface area (Å²) in [7, 11) is 0. The quantitative estimate of drug-likeness (QED) is 0.656. The second-order valence-electron chi connectivity index (χ2n) is 6.78. The Balaban J connectivity index is 1.70. The smallest absolute Gasteiger partial charge is 0.264 e. The summed E-state index contributed by atoms with van der Waals surface area (Å²) < 4.78 is 32.7. The van der Waals surface area contributed by atoms with Crippen molar-refractivity contribution < 1.29 is 13.5 Å². The summed E-state index contributed by atoms with van der Waals surface area (Å²) >= 11 is 0. The van der Waals surface area contributed by atoms with Crippen LogP contribution in [-0.4, -0.2) is 79.2 Å². The maximum absolute atomic E-state index is 13.6. The first kappa shape index (κ1) is 18.8. The van der Waals surface area contributed by atoms with E-state index in [1.54, 1.807) is 0 Å². The van der Waals surface area contributed by atoms with Gasteiger partial charge in [-0.3, -0.25) is 5.32 Å². The number of nitrogens with one attached hydrogen (secondary N) is 2. The minimum atomic E-state index is -2.69. The third kappa shape index (κ3) is 3.99. The number of halogens is 2. The van der Waals surface area contributed by atoms with Crippen molar-refractivity contribution in [3.8, 4) is 0 Å². The Kier molecular flexibility index (Phi) is 5.53. The van der Waals surface area contributed by atoms with Gasteiger partial charge in [-0.2, -0.15) is 0 Å². The molecule has 1 aromatic heterocycles. The highest BCUT2D eigenvalue weighted by Crippen LogP contribution is 2.32. The highest BCUT2D eigenvalue weighted by molar-refractivity contribution is 6.00. The molecular formula is C17H24F2N8O. The molecule has 0 aromatic carbocycles. The summed E-state index contributed by atoms with van der Waals surface area (Å²) in [5.41, 5.74) is 5.70. The van der Waals surface area contributed by atoms with Crippen LogP contribution in [-0.2, 0) is 4.74 Å². The van der Waals surface area contributed by atoms with Crippen LogP contribution in [0.1, 0.15) is 23.7 Å². The van der Waals surface area contributed by atoms with Crippen molar-refractivity contribution in [1.29, 1.82) is 0 Å². The van der Waals surface area contributed by atoms with Gasteiger partial charge < -0.3 is 25.6 Å². The Morgan fingerprint density at radius 2 is 1.71 bits per heavy atom. The van der Waals surface area contributed by atoms with Gasteiger partial charge in [0.2, 0.25) is 11.9 Å². The van der Waals surface area contributed by atoms with Crippen LogP contribution in [0.2, 0.25) is 0 Å². The van der Waals surface area contributed by atoms with Crippen molar-refractivity contribution in [3.05, 3.63) is 23.4 Å². The number of piperazine rings is 1. The number of hydrogen-bond donors (Lipinski definition) is 3. The lowest BCUT2D eigenvalue weighted by molar-refractivity contribution is 0.0665. The fraction of sp³-hybridized carbons (Fsp3) is 0.588. The summed E-state index contributed by atoms with van der Waals surface area (Å²) in [5, 5.41) is 6.59. The Morgan fingerprint density at radius 3 is 2.36 bits per heavy atom. The molecule has 1 unspecified atom stereocenters.